The fraction of sp³-hybridized carbons (Fsp3) is 0.316. The average molecular weight is 381 g/mol. The van der Waals surface area contributed by atoms with Gasteiger partial charge in [0.1, 0.15) is 4.90 Å². The van der Waals surface area contributed by atoms with Crippen LogP contribution in [0.15, 0.2) is 41.6 Å². The number of pyridine rings is 1. The number of aryl methyl sites for hydroxylation is 1. The monoisotopic (exact) mass is 381 g/mol. The van der Waals surface area contributed by atoms with Crippen molar-refractivity contribution in [2.75, 3.05) is 5.73 Å². The van der Waals surface area contributed by atoms with Crippen molar-refractivity contribution in [2.24, 2.45) is 0 Å². The van der Waals surface area contributed by atoms with Crippen molar-refractivity contribution in [3.63, 3.8) is 0 Å². The number of nitrogens with zero attached hydrogens (tertiary/aromatic N) is 4. The second-order valence-electron chi connectivity index (χ2n) is 7.20. The van der Waals surface area contributed by atoms with Gasteiger partial charge in [-0.3, -0.25) is 4.98 Å². The van der Waals surface area contributed by atoms with E-state index in [1.54, 1.807) is 16.7 Å². The summed E-state index contributed by atoms with van der Waals surface area (Å²) >= 11 is 0. The maximum Gasteiger partial charge on any atom is 0.246 e. The van der Waals surface area contributed by atoms with E-state index in [4.69, 9.17) is 5.73 Å². The molecule has 2 unspecified atom stereocenters. The number of hydrogen-bond donors (Lipinski definition) is 1. The summed E-state index contributed by atoms with van der Waals surface area (Å²) in [6, 6.07) is 7.10. The van der Waals surface area contributed by atoms with Gasteiger partial charge in [-0.1, -0.05) is 18.2 Å². The van der Waals surface area contributed by atoms with Crippen LogP contribution in [0.5, 0.6) is 0 Å². The molecular formula is C19H19N5O2S. The molecule has 2 N–H and O–H groups in total. The molecule has 2 aliphatic heterocycles. The molecule has 8 heteroatoms. The molecule has 3 aromatic rings. The zero-order valence-electron chi connectivity index (χ0n) is 14.8. The number of rotatable bonds is 2. The Morgan fingerprint density at radius 3 is 2.89 bits per heavy atom. The Labute approximate surface area is 157 Å². The largest absolute Gasteiger partial charge is 0.368 e. The van der Waals surface area contributed by atoms with Gasteiger partial charge in [-0.15, -0.1) is 0 Å². The van der Waals surface area contributed by atoms with Crippen molar-refractivity contribution in [1.82, 2.24) is 19.3 Å². The van der Waals surface area contributed by atoms with Crippen molar-refractivity contribution in [2.45, 2.75) is 43.2 Å². The van der Waals surface area contributed by atoms with Crippen LogP contribution in [-0.2, 0) is 16.4 Å². The number of sulfonamides is 1. The second kappa shape index (κ2) is 5.71. The third kappa shape index (κ3) is 2.36. The fourth-order valence-corrected chi connectivity index (χ4v) is 6.69. The van der Waals surface area contributed by atoms with Gasteiger partial charge in [-0.2, -0.15) is 4.31 Å². The van der Waals surface area contributed by atoms with E-state index in [0.29, 0.717) is 22.4 Å². The molecule has 0 saturated carbocycles. The van der Waals surface area contributed by atoms with E-state index in [1.165, 1.54) is 0 Å². The highest BCUT2D eigenvalue weighted by Crippen LogP contribution is 2.47. The molecule has 7 nitrogen and oxygen atoms in total. The van der Waals surface area contributed by atoms with Crippen LogP contribution < -0.4 is 5.73 Å². The number of anilines is 1. The van der Waals surface area contributed by atoms with Crippen LogP contribution in [0, 0.1) is 6.92 Å². The van der Waals surface area contributed by atoms with E-state index in [1.807, 2.05) is 31.2 Å². The number of hydrogen-bond acceptors (Lipinski definition) is 6. The molecule has 2 aromatic heterocycles. The highest BCUT2D eigenvalue weighted by molar-refractivity contribution is 7.89. The Morgan fingerprint density at radius 1 is 1.19 bits per heavy atom. The SMILES string of the molecule is Cc1ccc2cccnc2c1S(=O)(=O)N1C2CCC1c1cnc(N)nc1C2. The first-order valence-corrected chi connectivity index (χ1v) is 10.4. The minimum Gasteiger partial charge on any atom is -0.368 e. The Bertz CT molecular complexity index is 1180. The van der Waals surface area contributed by atoms with Crippen LogP contribution in [-0.4, -0.2) is 33.7 Å². The summed E-state index contributed by atoms with van der Waals surface area (Å²) in [7, 11) is -3.72. The minimum atomic E-state index is -3.72. The molecule has 0 amide bonds. The van der Waals surface area contributed by atoms with Crippen LogP contribution in [0.1, 0.15) is 35.7 Å². The quantitative estimate of drug-likeness (QED) is 0.731. The van der Waals surface area contributed by atoms with Crippen molar-refractivity contribution in [1.29, 1.82) is 0 Å². The van der Waals surface area contributed by atoms with E-state index < -0.39 is 10.0 Å². The molecule has 27 heavy (non-hydrogen) atoms. The summed E-state index contributed by atoms with van der Waals surface area (Å²) in [5, 5.41) is 0.822. The number of fused-ring (bicyclic) bond motifs is 5. The fourth-order valence-electron chi connectivity index (χ4n) is 4.46. The lowest BCUT2D eigenvalue weighted by Crippen LogP contribution is -2.42. The number of aromatic nitrogens is 3. The Hall–Kier alpha value is -2.58. The molecule has 0 aliphatic carbocycles. The first-order valence-electron chi connectivity index (χ1n) is 8.96. The van der Waals surface area contributed by atoms with Crippen LogP contribution in [0.4, 0.5) is 5.95 Å². The van der Waals surface area contributed by atoms with E-state index >= 15 is 0 Å². The smallest absolute Gasteiger partial charge is 0.246 e. The highest BCUT2D eigenvalue weighted by atomic mass is 32.2. The highest BCUT2D eigenvalue weighted by Gasteiger charge is 2.48. The summed E-state index contributed by atoms with van der Waals surface area (Å²) in [6.45, 7) is 1.82. The zero-order valence-corrected chi connectivity index (χ0v) is 15.6. The van der Waals surface area contributed by atoms with Crippen molar-refractivity contribution < 1.29 is 8.42 Å². The van der Waals surface area contributed by atoms with Crippen molar-refractivity contribution in [3.05, 3.63) is 53.5 Å². The Morgan fingerprint density at radius 2 is 2.04 bits per heavy atom. The van der Waals surface area contributed by atoms with E-state index in [0.717, 1.165) is 29.5 Å². The van der Waals surface area contributed by atoms with Gasteiger partial charge in [0.25, 0.3) is 0 Å². The summed E-state index contributed by atoms with van der Waals surface area (Å²) in [4.78, 5) is 13.1. The number of benzene rings is 1. The van der Waals surface area contributed by atoms with Crippen LogP contribution in [0.25, 0.3) is 10.9 Å². The molecule has 2 bridgehead atoms. The average Bonchev–Trinajstić information content (AvgIpc) is 2.97. The van der Waals surface area contributed by atoms with Gasteiger partial charge in [0, 0.05) is 35.8 Å². The Balaban J connectivity index is 1.70. The zero-order chi connectivity index (χ0) is 18.8. The summed E-state index contributed by atoms with van der Waals surface area (Å²) in [6.07, 6.45) is 5.45. The maximum atomic E-state index is 13.8. The van der Waals surface area contributed by atoms with Crippen molar-refractivity contribution >= 4 is 26.9 Å². The molecule has 0 radical (unpaired) electrons. The van der Waals surface area contributed by atoms with E-state index in [2.05, 4.69) is 15.0 Å². The van der Waals surface area contributed by atoms with Crippen LogP contribution in [0.3, 0.4) is 0 Å². The third-order valence-corrected chi connectivity index (χ3v) is 7.75. The topological polar surface area (TPSA) is 102 Å². The molecule has 1 fully saturated rings. The predicted molar refractivity (Wildman–Crippen MR) is 101 cm³/mol. The van der Waals surface area contributed by atoms with Crippen molar-refractivity contribution in [3.8, 4) is 0 Å². The molecule has 2 atom stereocenters. The van der Waals surface area contributed by atoms with Gasteiger partial charge >= 0.3 is 0 Å². The number of nitrogens with two attached hydrogens (primary N) is 1. The lowest BCUT2D eigenvalue weighted by Gasteiger charge is -2.35. The molecule has 138 valence electrons. The summed E-state index contributed by atoms with van der Waals surface area (Å²) in [5.74, 6) is 0.235. The van der Waals surface area contributed by atoms with Gasteiger partial charge < -0.3 is 5.73 Å². The minimum absolute atomic E-state index is 0.111. The second-order valence-corrected chi connectivity index (χ2v) is 8.98. The van der Waals surface area contributed by atoms with Gasteiger partial charge in [0.15, 0.2) is 0 Å². The molecule has 5 rings (SSSR count). The van der Waals surface area contributed by atoms with E-state index in [9.17, 15) is 8.42 Å². The lowest BCUT2D eigenvalue weighted by atomic mass is 10.0. The molecule has 1 saturated heterocycles. The first kappa shape index (κ1) is 16.6. The van der Waals surface area contributed by atoms with Gasteiger partial charge in [-0.25, -0.2) is 18.4 Å². The van der Waals surface area contributed by atoms with Crippen LogP contribution in [0.2, 0.25) is 0 Å². The van der Waals surface area contributed by atoms with Gasteiger partial charge in [0.05, 0.1) is 17.3 Å². The van der Waals surface area contributed by atoms with E-state index in [-0.39, 0.29) is 18.0 Å². The molecule has 1 aromatic carbocycles. The maximum absolute atomic E-state index is 13.8. The summed E-state index contributed by atoms with van der Waals surface area (Å²) in [5.41, 5.74) is 8.69. The normalized spacial score (nSPS) is 22.1. The summed E-state index contributed by atoms with van der Waals surface area (Å²) < 4.78 is 29.2. The number of nitrogen functional groups attached to an aromatic ring is 1. The van der Waals surface area contributed by atoms with Gasteiger partial charge in [0.2, 0.25) is 16.0 Å². The van der Waals surface area contributed by atoms with Crippen LogP contribution >= 0.6 is 0 Å². The molecule has 0 spiro atoms. The standard InChI is InChI=1S/C19H19N5O2S/c1-11-4-5-12-3-2-8-21-17(12)18(11)27(25,26)24-13-6-7-16(24)14-10-22-19(20)23-15(14)9-13/h2-5,8,10,13,16H,6-7,9H2,1H3,(H2,20,22,23). The predicted octanol–water partition coefficient (Wildman–Crippen LogP) is 2.37. The molecular weight excluding hydrogens is 362 g/mol. The first-order chi connectivity index (χ1) is 13.0. The molecule has 4 heterocycles. The molecule has 2 aliphatic rings. The van der Waals surface area contributed by atoms with Gasteiger partial charge in [-0.05, 0) is 31.4 Å². The lowest BCUT2D eigenvalue weighted by molar-refractivity contribution is 0.300. The third-order valence-electron chi connectivity index (χ3n) is 5.61. The Kier molecular flexibility index (Phi) is 3.50.